The molecule has 0 heterocycles. The molecule has 0 aliphatic heterocycles. The molecule has 33 heavy (non-hydrogen) atoms. The Labute approximate surface area is 198 Å². The number of amides is 1. The van der Waals surface area contributed by atoms with Gasteiger partial charge in [-0.1, -0.05) is 44.2 Å². The lowest BCUT2D eigenvalue weighted by atomic mass is 10.0. The van der Waals surface area contributed by atoms with Crippen LogP contribution in [-0.2, 0) is 21.2 Å². The average Bonchev–Trinajstić information content (AvgIpc) is 2.70. The molecule has 0 fully saturated rings. The third kappa shape index (κ3) is 9.06. The van der Waals surface area contributed by atoms with Gasteiger partial charge >= 0.3 is 6.09 Å². The van der Waals surface area contributed by atoms with E-state index in [-0.39, 0.29) is 23.4 Å². The van der Waals surface area contributed by atoms with Gasteiger partial charge in [0.15, 0.2) is 0 Å². The zero-order valence-electron chi connectivity index (χ0n) is 20.2. The van der Waals surface area contributed by atoms with E-state index in [0.717, 1.165) is 5.56 Å². The van der Waals surface area contributed by atoms with E-state index < -0.39 is 21.7 Å². The van der Waals surface area contributed by atoms with Crippen molar-refractivity contribution in [1.29, 1.82) is 0 Å². The maximum atomic E-state index is 13.3. The summed E-state index contributed by atoms with van der Waals surface area (Å²) < 4.78 is 33.6. The normalized spacial score (nSPS) is 13.2. The van der Waals surface area contributed by atoms with Crippen LogP contribution in [0.5, 0.6) is 0 Å². The van der Waals surface area contributed by atoms with Gasteiger partial charge < -0.3 is 15.8 Å². The van der Waals surface area contributed by atoms with Crippen molar-refractivity contribution in [2.75, 3.05) is 18.8 Å². The molecule has 0 unspecified atom stereocenters. The molecule has 0 bridgehead atoms. The van der Waals surface area contributed by atoms with Gasteiger partial charge in [-0.3, -0.25) is 0 Å². The number of nitrogen functional groups attached to an aromatic ring is 1. The number of nitrogens with one attached hydrogen (secondary N) is 1. The van der Waals surface area contributed by atoms with Gasteiger partial charge in [0, 0.05) is 24.8 Å². The number of hydrogen-bond acceptors (Lipinski definition) is 5. The number of carbonyl (C=O) groups excluding carboxylic acids is 1. The molecule has 0 aromatic heterocycles. The van der Waals surface area contributed by atoms with Crippen LogP contribution in [0.4, 0.5) is 10.5 Å². The number of ether oxygens (including phenoxy) is 1. The summed E-state index contributed by atoms with van der Waals surface area (Å²) in [5.41, 5.74) is 6.67. The predicted octanol–water partition coefficient (Wildman–Crippen LogP) is 4.44. The van der Waals surface area contributed by atoms with Crippen LogP contribution in [0.2, 0.25) is 0 Å². The summed E-state index contributed by atoms with van der Waals surface area (Å²) >= 11 is 0. The van der Waals surface area contributed by atoms with Crippen LogP contribution >= 0.6 is 0 Å². The molecule has 2 aromatic carbocycles. The summed E-state index contributed by atoms with van der Waals surface area (Å²) in [7, 11) is -3.70. The molecule has 2 aromatic rings. The van der Waals surface area contributed by atoms with E-state index in [2.05, 4.69) is 5.32 Å². The minimum atomic E-state index is -3.70. The minimum Gasteiger partial charge on any atom is -0.444 e. The zero-order chi connectivity index (χ0) is 24.6. The first-order valence-electron chi connectivity index (χ1n) is 11.3. The van der Waals surface area contributed by atoms with Gasteiger partial charge in [-0.25, -0.2) is 13.2 Å². The van der Waals surface area contributed by atoms with E-state index in [1.54, 1.807) is 12.1 Å². The highest BCUT2D eigenvalue weighted by atomic mass is 32.2. The van der Waals surface area contributed by atoms with Crippen LogP contribution in [0.25, 0.3) is 0 Å². The molecule has 1 atom stereocenters. The summed E-state index contributed by atoms with van der Waals surface area (Å²) in [5.74, 6) is 0.139. The molecule has 0 radical (unpaired) electrons. The zero-order valence-corrected chi connectivity index (χ0v) is 21.1. The van der Waals surface area contributed by atoms with Gasteiger partial charge in [0.2, 0.25) is 10.0 Å². The lowest BCUT2D eigenvalue weighted by Crippen LogP contribution is -2.43. The van der Waals surface area contributed by atoms with Crippen molar-refractivity contribution in [3.05, 3.63) is 60.2 Å². The van der Waals surface area contributed by atoms with E-state index in [9.17, 15) is 13.2 Å². The van der Waals surface area contributed by atoms with Gasteiger partial charge in [0.25, 0.3) is 0 Å². The first-order valence-corrected chi connectivity index (χ1v) is 12.7. The molecule has 0 aliphatic carbocycles. The van der Waals surface area contributed by atoms with Gasteiger partial charge in [-0.2, -0.15) is 4.31 Å². The summed E-state index contributed by atoms with van der Waals surface area (Å²) in [6.45, 7) is 10.0. The number of benzene rings is 2. The molecule has 0 saturated carbocycles. The molecule has 8 heteroatoms. The minimum absolute atomic E-state index is 0.139. The number of anilines is 1. The number of nitrogens with two attached hydrogens (primary N) is 1. The molecule has 1 amide bonds. The van der Waals surface area contributed by atoms with E-state index in [1.165, 1.54) is 16.4 Å². The Bertz CT molecular complexity index is 985. The van der Waals surface area contributed by atoms with Crippen LogP contribution in [0.1, 0.15) is 46.6 Å². The van der Waals surface area contributed by atoms with Gasteiger partial charge in [0.1, 0.15) is 5.60 Å². The lowest BCUT2D eigenvalue weighted by molar-refractivity contribution is 0.0500. The van der Waals surface area contributed by atoms with Crippen LogP contribution in [0.3, 0.4) is 0 Å². The number of nitrogens with zero attached hydrogens (tertiary/aromatic N) is 1. The van der Waals surface area contributed by atoms with Crippen molar-refractivity contribution in [3.63, 3.8) is 0 Å². The van der Waals surface area contributed by atoms with Gasteiger partial charge in [-0.05, 0) is 69.4 Å². The third-order valence-corrected chi connectivity index (χ3v) is 6.74. The fourth-order valence-corrected chi connectivity index (χ4v) is 5.02. The highest BCUT2D eigenvalue weighted by Crippen LogP contribution is 2.20. The first-order chi connectivity index (χ1) is 15.4. The van der Waals surface area contributed by atoms with Crippen LogP contribution < -0.4 is 11.1 Å². The largest absolute Gasteiger partial charge is 0.444 e. The molecule has 7 nitrogen and oxygen atoms in total. The van der Waals surface area contributed by atoms with Crippen LogP contribution in [0.15, 0.2) is 59.5 Å². The molecule has 2 rings (SSSR count). The lowest BCUT2D eigenvalue weighted by Gasteiger charge is -2.28. The average molecular weight is 476 g/mol. The molecule has 0 aliphatic rings. The Hall–Kier alpha value is -2.58. The van der Waals surface area contributed by atoms with Crippen LogP contribution in [-0.4, -0.2) is 43.5 Å². The molecule has 0 saturated heterocycles. The Balaban J connectivity index is 2.21. The second-order valence-electron chi connectivity index (χ2n) is 9.65. The maximum absolute atomic E-state index is 13.3. The summed E-state index contributed by atoms with van der Waals surface area (Å²) in [4.78, 5) is 12.7. The Morgan fingerprint density at radius 1 is 1.06 bits per heavy atom. The van der Waals surface area contributed by atoms with Gasteiger partial charge in [0.05, 0.1) is 4.90 Å². The van der Waals surface area contributed by atoms with E-state index in [1.807, 2.05) is 65.0 Å². The smallest absolute Gasteiger partial charge is 0.407 e. The van der Waals surface area contributed by atoms with E-state index >= 15 is 0 Å². The fourth-order valence-electron chi connectivity index (χ4n) is 3.40. The predicted molar refractivity (Wildman–Crippen MR) is 132 cm³/mol. The number of carbonyl (C=O) groups is 1. The summed E-state index contributed by atoms with van der Waals surface area (Å²) in [5, 5.41) is 2.93. The van der Waals surface area contributed by atoms with Crippen LogP contribution in [0, 0.1) is 5.92 Å². The molecular weight excluding hydrogens is 438 g/mol. The highest BCUT2D eigenvalue weighted by Gasteiger charge is 2.27. The first kappa shape index (κ1) is 26.7. The Morgan fingerprint density at radius 3 is 2.21 bits per heavy atom. The number of rotatable bonds is 10. The maximum Gasteiger partial charge on any atom is 0.407 e. The monoisotopic (exact) mass is 475 g/mol. The fraction of sp³-hybridized carbons (Fsp3) is 0.480. The summed E-state index contributed by atoms with van der Waals surface area (Å²) in [6.07, 6.45) is 0.493. The highest BCUT2D eigenvalue weighted by molar-refractivity contribution is 7.89. The third-order valence-electron chi connectivity index (χ3n) is 4.86. The number of hydrogen-bond donors (Lipinski definition) is 2. The second-order valence-corrected chi connectivity index (χ2v) is 11.6. The van der Waals surface area contributed by atoms with Crippen molar-refractivity contribution in [2.24, 2.45) is 5.92 Å². The van der Waals surface area contributed by atoms with Crippen molar-refractivity contribution < 1.29 is 17.9 Å². The van der Waals surface area contributed by atoms with Crippen molar-refractivity contribution in [1.82, 2.24) is 9.62 Å². The Morgan fingerprint density at radius 2 is 1.67 bits per heavy atom. The SMILES string of the molecule is CC(C)CN(CC[C@H](Cc1ccccc1)NC(=O)OC(C)(C)C)S(=O)(=O)c1ccc(N)cc1. The van der Waals surface area contributed by atoms with E-state index in [0.29, 0.717) is 25.1 Å². The van der Waals surface area contributed by atoms with Crippen molar-refractivity contribution >= 4 is 21.8 Å². The number of alkyl carbamates (subject to hydrolysis) is 1. The quantitative estimate of drug-likeness (QED) is 0.495. The second kappa shape index (κ2) is 11.5. The molecule has 0 spiro atoms. The summed E-state index contributed by atoms with van der Waals surface area (Å²) in [6, 6.07) is 15.7. The van der Waals surface area contributed by atoms with Gasteiger partial charge in [-0.15, -0.1) is 0 Å². The molecule has 182 valence electrons. The topological polar surface area (TPSA) is 102 Å². The molecule has 3 N–H and O–H groups in total. The Kier molecular flexibility index (Phi) is 9.31. The van der Waals surface area contributed by atoms with Crippen molar-refractivity contribution in [3.8, 4) is 0 Å². The van der Waals surface area contributed by atoms with E-state index in [4.69, 9.17) is 10.5 Å². The number of sulfonamides is 1. The molecular formula is C25H37N3O4S. The standard InChI is InChI=1S/C25H37N3O4S/c1-19(2)18-28(33(30,31)23-13-11-21(26)12-14-23)16-15-22(17-20-9-7-6-8-10-20)27-24(29)32-25(3,4)5/h6-14,19,22H,15-18,26H2,1-5H3,(H,27,29)/t22-/m1/s1. The van der Waals surface area contributed by atoms with Crippen molar-refractivity contribution in [2.45, 2.75) is 64.0 Å².